The molecule has 1 aromatic carbocycles. The lowest BCUT2D eigenvalue weighted by atomic mass is 9.85. The average molecular weight is 859 g/mol. The molecule has 0 saturated heterocycles. The first-order valence-electron chi connectivity index (χ1n) is 20.0. The van der Waals surface area contributed by atoms with Crippen molar-refractivity contribution < 1.29 is 61.2 Å². The van der Waals surface area contributed by atoms with Gasteiger partial charge in [-0.25, -0.2) is 4.79 Å². The second-order valence-electron chi connectivity index (χ2n) is 15.0. The van der Waals surface area contributed by atoms with Crippen LogP contribution in [0.4, 0.5) is 18.0 Å². The van der Waals surface area contributed by atoms with E-state index < -0.39 is 60.3 Å². The number of amides is 3. The molecule has 61 heavy (non-hydrogen) atoms. The van der Waals surface area contributed by atoms with Gasteiger partial charge in [-0.2, -0.15) is 0 Å². The van der Waals surface area contributed by atoms with Gasteiger partial charge in [-0.3, -0.25) is 19.2 Å². The van der Waals surface area contributed by atoms with E-state index in [-0.39, 0.29) is 46.5 Å². The van der Waals surface area contributed by atoms with Crippen LogP contribution in [-0.2, 0) is 33.4 Å². The summed E-state index contributed by atoms with van der Waals surface area (Å²) in [5.41, 5.74) is 6.81. The lowest BCUT2D eigenvalue weighted by Gasteiger charge is -2.30. The van der Waals surface area contributed by atoms with Crippen LogP contribution < -0.4 is 26.4 Å². The first kappa shape index (κ1) is 49.8. The van der Waals surface area contributed by atoms with Crippen molar-refractivity contribution in [2.75, 3.05) is 27.3 Å². The molecule has 3 amide bonds. The third-order valence-corrected chi connectivity index (χ3v) is 10.0. The number of ether oxygens (including phenoxy) is 4. The van der Waals surface area contributed by atoms with E-state index >= 15 is 0 Å². The van der Waals surface area contributed by atoms with Gasteiger partial charge in [0.15, 0.2) is 6.10 Å². The zero-order chi connectivity index (χ0) is 45.3. The van der Waals surface area contributed by atoms with Crippen LogP contribution in [0.2, 0.25) is 0 Å². The zero-order valence-corrected chi connectivity index (χ0v) is 35.3. The summed E-state index contributed by atoms with van der Waals surface area (Å²) >= 11 is 0. The Hall–Kier alpha value is -5.52. The SMILES string of the molecule is CO[C@H]1/C=C\C=C(/C)C(=O)NC2=CC(=O)C(NCCCCCCNC(=O)/C=C/c3ccc(OC(F)(F)F)cc3)=C(C[C@@H](C)C[C@H](OC)[C@H](O)[C@@H](C)/C=C(\C)[C@@H]1OC(N)=O)C2=O. The van der Waals surface area contributed by atoms with Gasteiger partial charge in [0.1, 0.15) is 11.9 Å². The number of carbonyl (C=O) groups is 5. The number of rotatable bonds is 14. The summed E-state index contributed by atoms with van der Waals surface area (Å²) in [4.78, 5) is 64.8. The molecule has 17 heteroatoms. The molecule has 0 fully saturated rings. The summed E-state index contributed by atoms with van der Waals surface area (Å²) in [6, 6.07) is 5.10. The van der Waals surface area contributed by atoms with Gasteiger partial charge in [-0.05, 0) is 74.8 Å². The molecule has 0 aromatic heterocycles. The first-order chi connectivity index (χ1) is 28.8. The third-order valence-electron chi connectivity index (χ3n) is 10.0. The maximum absolute atomic E-state index is 14.0. The smallest absolute Gasteiger partial charge is 0.439 e. The van der Waals surface area contributed by atoms with E-state index in [9.17, 15) is 42.3 Å². The number of nitrogens with two attached hydrogens (primary N) is 1. The van der Waals surface area contributed by atoms with E-state index in [0.717, 1.165) is 31.1 Å². The van der Waals surface area contributed by atoms with Crippen LogP contribution in [0.1, 0.15) is 71.8 Å². The molecule has 2 aliphatic rings. The van der Waals surface area contributed by atoms with Crippen LogP contribution >= 0.6 is 0 Å². The molecule has 1 aliphatic heterocycles. The van der Waals surface area contributed by atoms with Crippen LogP contribution in [0.3, 0.4) is 0 Å². The van der Waals surface area contributed by atoms with Crippen molar-refractivity contribution in [3.05, 3.63) is 94.4 Å². The molecule has 1 aromatic rings. The maximum Gasteiger partial charge on any atom is 0.573 e. The fraction of sp³-hybridized carbons (Fsp3) is 0.477. The van der Waals surface area contributed by atoms with Crippen LogP contribution in [0, 0.1) is 11.8 Å². The molecular formula is C44H57F3N4O10. The molecule has 0 spiro atoms. The first-order valence-corrected chi connectivity index (χ1v) is 20.0. The topological polar surface area (TPSA) is 205 Å². The number of fused-ring (bicyclic) bond motifs is 2. The Balaban J connectivity index is 1.69. The third kappa shape index (κ3) is 16.5. The van der Waals surface area contributed by atoms with Crippen molar-refractivity contribution >= 4 is 35.6 Å². The monoisotopic (exact) mass is 858 g/mol. The highest BCUT2D eigenvalue weighted by molar-refractivity contribution is 6.23. The number of ketones is 2. The molecule has 0 saturated carbocycles. The van der Waals surface area contributed by atoms with E-state index in [0.29, 0.717) is 43.5 Å². The Morgan fingerprint density at radius 1 is 1.00 bits per heavy atom. The number of alkyl halides is 3. The highest BCUT2D eigenvalue weighted by Crippen LogP contribution is 2.29. The molecule has 1 aliphatic carbocycles. The summed E-state index contributed by atoms with van der Waals surface area (Å²) in [6.45, 7) is 7.65. The molecular weight excluding hydrogens is 801 g/mol. The highest BCUT2D eigenvalue weighted by atomic mass is 19.4. The number of hydrogen-bond acceptors (Lipinski definition) is 11. The number of allylic oxidation sites excluding steroid dienone is 4. The van der Waals surface area contributed by atoms with Gasteiger partial charge in [-0.15, -0.1) is 13.2 Å². The Labute approximate surface area is 354 Å². The van der Waals surface area contributed by atoms with Crippen molar-refractivity contribution in [3.63, 3.8) is 0 Å². The normalized spacial score (nSPS) is 25.7. The summed E-state index contributed by atoms with van der Waals surface area (Å²) < 4.78 is 57.6. The maximum atomic E-state index is 14.0. The quantitative estimate of drug-likeness (QED) is 0.0671. The number of hydrogen-bond donors (Lipinski definition) is 5. The molecule has 334 valence electrons. The number of aliphatic hydroxyl groups excluding tert-OH is 1. The standard InChI is InChI=1S/C44H57F3N4O10/c1-26-22-32-38(50-21-10-8-7-9-20-49-37(53)19-16-30-14-17-31(18-15-30)61-44(45,46)47)34(52)25-33(40(32)55)51-42(56)27(2)12-11-13-35(58-5)41(60-43(48)57)29(4)24-28(3)39(54)36(23-26)59-6/h11-19,24-26,28,35-36,39,41,50,54H,7-10,20-23H2,1-6H3,(H2,48,57)(H,49,53)(H,51,56)/b13-11-,19-16+,27-12+,29-24+/t26-,28+,35+,36+,39-,41+/m1/s1. The molecule has 0 unspecified atom stereocenters. The van der Waals surface area contributed by atoms with E-state index in [1.54, 1.807) is 26.0 Å². The number of halogens is 3. The van der Waals surface area contributed by atoms with Gasteiger partial charge in [0.2, 0.25) is 17.5 Å². The summed E-state index contributed by atoms with van der Waals surface area (Å²) in [5.74, 6) is -3.12. The summed E-state index contributed by atoms with van der Waals surface area (Å²) in [6.07, 6.45) is 4.07. The average Bonchev–Trinajstić information content (AvgIpc) is 3.19. The van der Waals surface area contributed by atoms with Gasteiger partial charge >= 0.3 is 12.5 Å². The number of aliphatic hydroxyl groups is 1. The van der Waals surface area contributed by atoms with Crippen molar-refractivity contribution in [1.82, 2.24) is 16.0 Å². The van der Waals surface area contributed by atoms with Crippen molar-refractivity contribution in [2.45, 2.75) is 97.0 Å². The zero-order valence-electron chi connectivity index (χ0n) is 35.3. The molecule has 14 nitrogen and oxygen atoms in total. The Morgan fingerprint density at radius 3 is 2.30 bits per heavy atom. The van der Waals surface area contributed by atoms with Gasteiger partial charge < -0.3 is 45.7 Å². The number of methoxy groups -OCH3 is 2. The lowest BCUT2D eigenvalue weighted by molar-refractivity contribution is -0.274. The number of carbonyl (C=O) groups excluding carboxylic acids is 5. The Kier molecular flexibility index (Phi) is 19.7. The molecule has 3 rings (SSSR count). The summed E-state index contributed by atoms with van der Waals surface area (Å²) in [5, 5.41) is 19.9. The van der Waals surface area contributed by atoms with Gasteiger partial charge in [-0.1, -0.05) is 63.1 Å². The Morgan fingerprint density at radius 2 is 1.67 bits per heavy atom. The second-order valence-corrected chi connectivity index (χ2v) is 15.0. The lowest BCUT2D eigenvalue weighted by Crippen LogP contribution is -2.38. The van der Waals surface area contributed by atoms with Crippen molar-refractivity contribution in [3.8, 4) is 5.75 Å². The van der Waals surface area contributed by atoms with Gasteiger partial charge in [0, 0.05) is 56.5 Å². The number of primary amides is 1. The molecule has 6 N–H and O–H groups in total. The molecule has 0 radical (unpaired) electrons. The van der Waals surface area contributed by atoms with E-state index in [1.165, 1.54) is 57.6 Å². The van der Waals surface area contributed by atoms with Gasteiger partial charge in [0.25, 0.3) is 5.91 Å². The second kappa shape index (κ2) is 24.1. The van der Waals surface area contributed by atoms with Crippen molar-refractivity contribution in [1.29, 1.82) is 0 Å². The van der Waals surface area contributed by atoms with Crippen LogP contribution in [0.15, 0.2) is 88.8 Å². The fourth-order valence-electron chi connectivity index (χ4n) is 6.82. The fourth-order valence-corrected chi connectivity index (χ4v) is 6.82. The van der Waals surface area contributed by atoms with Crippen LogP contribution in [0.5, 0.6) is 5.75 Å². The minimum atomic E-state index is -4.79. The van der Waals surface area contributed by atoms with Gasteiger partial charge in [0.05, 0.1) is 23.6 Å². The number of Topliss-reactive ketones (excluding diaryl/α,β-unsaturated/α-hetero) is 1. The van der Waals surface area contributed by atoms with Crippen LogP contribution in [0.25, 0.3) is 6.08 Å². The van der Waals surface area contributed by atoms with E-state index in [1.807, 2.05) is 6.92 Å². The highest BCUT2D eigenvalue weighted by Gasteiger charge is 2.34. The minimum Gasteiger partial charge on any atom is -0.439 e. The van der Waals surface area contributed by atoms with Crippen molar-refractivity contribution in [2.24, 2.45) is 17.6 Å². The molecule has 6 atom stereocenters. The van der Waals surface area contributed by atoms with E-state index in [2.05, 4.69) is 20.7 Å². The number of nitrogens with one attached hydrogen (secondary N) is 3. The predicted molar refractivity (Wildman–Crippen MR) is 221 cm³/mol. The number of unbranched alkanes of at least 4 members (excludes halogenated alkanes) is 3. The Bertz CT molecular complexity index is 1900. The minimum absolute atomic E-state index is 0.128. The molecule has 1 heterocycles. The van der Waals surface area contributed by atoms with E-state index in [4.69, 9.17) is 19.9 Å². The largest absolute Gasteiger partial charge is 0.573 e. The number of benzene rings is 1. The van der Waals surface area contributed by atoms with Crippen LogP contribution in [-0.4, -0.2) is 92.7 Å². The summed E-state index contributed by atoms with van der Waals surface area (Å²) in [7, 11) is 2.88. The molecule has 2 bridgehead atoms. The predicted octanol–water partition coefficient (Wildman–Crippen LogP) is 5.64.